The Balaban J connectivity index is 2.45. The zero-order chi connectivity index (χ0) is 15.6. The van der Waals surface area contributed by atoms with E-state index in [1.807, 2.05) is 32.0 Å². The fraction of sp³-hybridized carbons (Fsp3) is 0.385. The average molecular weight is 348 g/mol. The van der Waals surface area contributed by atoms with Crippen molar-refractivity contribution in [1.82, 2.24) is 14.8 Å². The highest BCUT2D eigenvalue weighted by molar-refractivity contribution is 8.13. The van der Waals surface area contributed by atoms with E-state index in [4.69, 9.17) is 22.3 Å². The molecule has 0 saturated heterocycles. The summed E-state index contributed by atoms with van der Waals surface area (Å²) in [5.41, 5.74) is 0.857. The van der Waals surface area contributed by atoms with E-state index in [0.29, 0.717) is 23.8 Å². The van der Waals surface area contributed by atoms with Gasteiger partial charge >= 0.3 is 0 Å². The van der Waals surface area contributed by atoms with Gasteiger partial charge in [0.15, 0.2) is 0 Å². The van der Waals surface area contributed by atoms with Crippen LogP contribution >= 0.6 is 22.3 Å². The quantitative estimate of drug-likeness (QED) is 0.779. The van der Waals surface area contributed by atoms with E-state index in [1.165, 1.54) is 4.57 Å². The molecule has 1 aromatic carbocycles. The Bertz CT molecular complexity index is 742. The van der Waals surface area contributed by atoms with Crippen molar-refractivity contribution in [3.63, 3.8) is 0 Å². The van der Waals surface area contributed by atoms with Gasteiger partial charge in [-0.25, -0.2) is 8.42 Å². The largest absolute Gasteiger partial charge is 0.300 e. The first kappa shape index (κ1) is 16.3. The summed E-state index contributed by atoms with van der Waals surface area (Å²) in [5.74, 6) is 0.749. The van der Waals surface area contributed by atoms with E-state index < -0.39 is 9.05 Å². The van der Waals surface area contributed by atoms with Crippen molar-refractivity contribution in [3.8, 4) is 0 Å². The van der Waals surface area contributed by atoms with E-state index in [9.17, 15) is 8.42 Å². The van der Waals surface area contributed by atoms with Crippen LogP contribution < -0.4 is 0 Å². The molecule has 114 valence electrons. The maximum absolute atomic E-state index is 11.6. The smallest absolute Gasteiger partial charge is 0.296 e. The first-order valence-electron chi connectivity index (χ1n) is 6.39. The van der Waals surface area contributed by atoms with Gasteiger partial charge in [-0.1, -0.05) is 43.6 Å². The Morgan fingerprint density at radius 3 is 2.48 bits per heavy atom. The third-order valence-corrected chi connectivity index (χ3v) is 4.39. The van der Waals surface area contributed by atoms with Crippen molar-refractivity contribution in [3.05, 3.63) is 40.7 Å². The molecule has 8 heteroatoms. The first-order valence-corrected chi connectivity index (χ1v) is 9.08. The van der Waals surface area contributed by atoms with Crippen LogP contribution in [0.25, 0.3) is 0 Å². The summed E-state index contributed by atoms with van der Waals surface area (Å²) in [4.78, 5) is 0. The van der Waals surface area contributed by atoms with Crippen molar-refractivity contribution < 1.29 is 8.42 Å². The third-order valence-electron chi connectivity index (χ3n) is 2.87. The highest BCUT2D eigenvalue weighted by Gasteiger charge is 2.23. The summed E-state index contributed by atoms with van der Waals surface area (Å²) < 4.78 is 24.7. The standard InChI is InChI=1S/C13H15Cl2N3O2S/c1-9(2)8-18-12(16-17-13(18)21(15,19)20)7-10-5-3-4-6-11(10)14/h3-6,9H,7-8H2,1-2H3. The van der Waals surface area contributed by atoms with E-state index in [-0.39, 0.29) is 11.1 Å². The molecule has 0 bridgehead atoms. The van der Waals surface area contributed by atoms with Crippen molar-refractivity contribution in [2.24, 2.45) is 5.92 Å². The Hall–Kier alpha value is -1.11. The zero-order valence-corrected chi connectivity index (χ0v) is 14.0. The van der Waals surface area contributed by atoms with Crippen molar-refractivity contribution in [2.75, 3.05) is 0 Å². The van der Waals surface area contributed by atoms with Crippen LogP contribution in [0.4, 0.5) is 0 Å². The van der Waals surface area contributed by atoms with Crippen molar-refractivity contribution >= 4 is 31.3 Å². The van der Waals surface area contributed by atoms with Gasteiger partial charge in [0.05, 0.1) is 0 Å². The highest BCUT2D eigenvalue weighted by Crippen LogP contribution is 2.21. The van der Waals surface area contributed by atoms with Crippen molar-refractivity contribution in [1.29, 1.82) is 0 Å². The third kappa shape index (κ3) is 3.96. The van der Waals surface area contributed by atoms with Gasteiger partial charge in [0, 0.05) is 28.7 Å². The van der Waals surface area contributed by atoms with E-state index in [1.54, 1.807) is 6.07 Å². The summed E-state index contributed by atoms with van der Waals surface area (Å²) in [5, 5.41) is 8.06. The lowest BCUT2D eigenvalue weighted by Crippen LogP contribution is -2.13. The molecule has 0 atom stereocenters. The number of aromatic nitrogens is 3. The molecule has 0 saturated carbocycles. The van der Waals surface area contributed by atoms with Crippen LogP contribution in [0, 0.1) is 5.92 Å². The van der Waals surface area contributed by atoms with Gasteiger partial charge in [-0.2, -0.15) is 0 Å². The van der Waals surface area contributed by atoms with Crippen LogP contribution in [-0.2, 0) is 22.0 Å². The van der Waals surface area contributed by atoms with Crippen LogP contribution in [0.3, 0.4) is 0 Å². The van der Waals surface area contributed by atoms with Gasteiger partial charge < -0.3 is 4.57 Å². The van der Waals surface area contributed by atoms with Crippen LogP contribution in [0.5, 0.6) is 0 Å². The molecule has 2 aromatic rings. The predicted molar refractivity (Wildman–Crippen MR) is 82.2 cm³/mol. The molecule has 0 amide bonds. The number of benzene rings is 1. The Morgan fingerprint density at radius 2 is 1.90 bits per heavy atom. The molecule has 0 N–H and O–H groups in total. The molecule has 1 aromatic heterocycles. The van der Waals surface area contributed by atoms with Crippen LogP contribution in [0.15, 0.2) is 29.4 Å². The first-order chi connectivity index (χ1) is 9.79. The van der Waals surface area contributed by atoms with Gasteiger partial charge in [-0.05, 0) is 17.5 Å². The molecule has 0 fully saturated rings. The molecular weight excluding hydrogens is 333 g/mol. The normalized spacial score (nSPS) is 12.0. The number of rotatable bonds is 5. The molecule has 21 heavy (non-hydrogen) atoms. The second kappa shape index (κ2) is 6.34. The Morgan fingerprint density at radius 1 is 1.24 bits per heavy atom. The van der Waals surface area contributed by atoms with Gasteiger partial charge in [0.1, 0.15) is 5.82 Å². The van der Waals surface area contributed by atoms with Crippen LogP contribution in [-0.4, -0.2) is 23.2 Å². The van der Waals surface area contributed by atoms with Crippen LogP contribution in [0.2, 0.25) is 5.02 Å². The molecule has 0 radical (unpaired) electrons. The summed E-state index contributed by atoms with van der Waals surface area (Å²) in [6.07, 6.45) is 0.395. The number of halogens is 2. The second-order valence-electron chi connectivity index (χ2n) is 5.11. The maximum atomic E-state index is 11.6. The topological polar surface area (TPSA) is 64.8 Å². The van der Waals surface area contributed by atoms with E-state index in [0.717, 1.165) is 5.56 Å². The average Bonchev–Trinajstić information content (AvgIpc) is 2.74. The summed E-state index contributed by atoms with van der Waals surface area (Å²) in [6, 6.07) is 7.34. The molecular formula is C13H15Cl2N3O2S. The van der Waals surface area contributed by atoms with E-state index in [2.05, 4.69) is 10.2 Å². The minimum atomic E-state index is -3.93. The molecule has 0 aliphatic carbocycles. The van der Waals surface area contributed by atoms with Crippen LogP contribution in [0.1, 0.15) is 25.2 Å². The molecule has 2 rings (SSSR count). The lowest BCUT2D eigenvalue weighted by atomic mass is 10.1. The summed E-state index contributed by atoms with van der Waals surface area (Å²) >= 11 is 6.13. The highest BCUT2D eigenvalue weighted by atomic mass is 35.7. The molecule has 0 unspecified atom stereocenters. The van der Waals surface area contributed by atoms with Gasteiger partial charge in [0.2, 0.25) is 0 Å². The second-order valence-corrected chi connectivity index (χ2v) is 7.98. The lowest BCUT2D eigenvalue weighted by molar-refractivity contribution is 0.474. The summed E-state index contributed by atoms with van der Waals surface area (Å²) in [7, 11) is 1.49. The zero-order valence-electron chi connectivity index (χ0n) is 11.6. The molecule has 1 heterocycles. The fourth-order valence-corrected chi connectivity index (χ4v) is 3.12. The predicted octanol–water partition coefficient (Wildman–Crippen LogP) is 3.11. The number of hydrogen-bond acceptors (Lipinski definition) is 4. The van der Waals surface area contributed by atoms with Crippen molar-refractivity contribution in [2.45, 2.75) is 32.0 Å². The Kier molecular flexibility index (Phi) is 4.91. The molecule has 0 aliphatic heterocycles. The SMILES string of the molecule is CC(C)Cn1c(Cc2ccccc2Cl)nnc1S(=O)(=O)Cl. The van der Waals surface area contributed by atoms with Gasteiger partial charge in [-0.3, -0.25) is 0 Å². The summed E-state index contributed by atoms with van der Waals surface area (Å²) in [6.45, 7) is 4.42. The lowest BCUT2D eigenvalue weighted by Gasteiger charge is -2.11. The minimum Gasteiger partial charge on any atom is -0.300 e. The fourth-order valence-electron chi connectivity index (χ4n) is 1.99. The van der Waals surface area contributed by atoms with E-state index >= 15 is 0 Å². The van der Waals surface area contributed by atoms with Gasteiger partial charge in [-0.15, -0.1) is 10.2 Å². The maximum Gasteiger partial charge on any atom is 0.296 e. The monoisotopic (exact) mass is 347 g/mol. The molecule has 5 nitrogen and oxygen atoms in total. The number of nitrogens with zero attached hydrogens (tertiary/aromatic N) is 3. The molecule has 0 aliphatic rings. The number of hydrogen-bond donors (Lipinski definition) is 0. The molecule has 0 spiro atoms. The van der Waals surface area contributed by atoms with Gasteiger partial charge in [0.25, 0.3) is 14.2 Å². The minimum absolute atomic E-state index is 0.222. The Labute approximate surface area is 133 Å².